The molecule has 152 valence electrons. The minimum atomic E-state index is -0.145. The monoisotopic (exact) mass is 402 g/mol. The molecule has 2 aromatic carbocycles. The number of Topliss-reactive ketones (excluding diaryl/α,β-unsaturated/α-hetero) is 1. The summed E-state index contributed by atoms with van der Waals surface area (Å²) in [5.74, 6) is -0.0927. The first-order valence-electron chi connectivity index (χ1n) is 10.1. The van der Waals surface area contributed by atoms with Crippen molar-refractivity contribution in [3.63, 3.8) is 0 Å². The van der Waals surface area contributed by atoms with E-state index in [9.17, 15) is 9.90 Å². The predicted molar refractivity (Wildman–Crippen MR) is 112 cm³/mol. The van der Waals surface area contributed by atoms with E-state index in [4.69, 9.17) is 0 Å². The zero-order chi connectivity index (χ0) is 20.5. The molecule has 0 bridgehead atoms. The van der Waals surface area contributed by atoms with Crippen molar-refractivity contribution in [1.82, 2.24) is 30.5 Å². The van der Waals surface area contributed by atoms with Gasteiger partial charge in [0.1, 0.15) is 11.4 Å². The molecule has 2 unspecified atom stereocenters. The second-order valence-corrected chi connectivity index (χ2v) is 7.62. The summed E-state index contributed by atoms with van der Waals surface area (Å²) in [6, 6.07) is 15.2. The first-order valence-corrected chi connectivity index (χ1v) is 10.1. The number of carbonyl (C=O) groups is 1. The molecule has 8 heteroatoms. The summed E-state index contributed by atoms with van der Waals surface area (Å²) in [7, 11) is 0. The van der Waals surface area contributed by atoms with Crippen LogP contribution in [0.2, 0.25) is 0 Å². The van der Waals surface area contributed by atoms with Gasteiger partial charge in [-0.2, -0.15) is 5.10 Å². The highest BCUT2D eigenvalue weighted by molar-refractivity contribution is 5.98. The SMILES string of the molecule is O=C(c1ccc(-n2cc(-c3n[nH]c4ccccc34)nn2)cc1)C1CCNCC1CO. The average Bonchev–Trinajstić information content (AvgIpc) is 3.46. The minimum absolute atomic E-state index is 0.0189. The van der Waals surface area contributed by atoms with E-state index >= 15 is 0 Å². The van der Waals surface area contributed by atoms with E-state index in [1.807, 2.05) is 54.7 Å². The number of nitrogens with one attached hydrogen (secondary N) is 2. The van der Waals surface area contributed by atoms with Crippen LogP contribution in [0.5, 0.6) is 0 Å². The van der Waals surface area contributed by atoms with Crippen molar-refractivity contribution in [2.45, 2.75) is 6.42 Å². The Morgan fingerprint density at radius 3 is 2.83 bits per heavy atom. The highest BCUT2D eigenvalue weighted by Crippen LogP contribution is 2.26. The van der Waals surface area contributed by atoms with Crippen molar-refractivity contribution in [3.05, 3.63) is 60.3 Å². The van der Waals surface area contributed by atoms with Crippen molar-refractivity contribution >= 4 is 16.7 Å². The molecule has 1 fully saturated rings. The molecule has 2 aromatic heterocycles. The van der Waals surface area contributed by atoms with Gasteiger partial charge >= 0.3 is 0 Å². The summed E-state index contributed by atoms with van der Waals surface area (Å²) in [5, 5.41) is 29.7. The van der Waals surface area contributed by atoms with Gasteiger partial charge in [0.2, 0.25) is 0 Å². The van der Waals surface area contributed by atoms with Crippen molar-refractivity contribution in [2.24, 2.45) is 11.8 Å². The average molecular weight is 402 g/mol. The van der Waals surface area contributed by atoms with Gasteiger partial charge in [-0.05, 0) is 43.3 Å². The van der Waals surface area contributed by atoms with Crippen LogP contribution in [0.4, 0.5) is 0 Å². The van der Waals surface area contributed by atoms with Crippen LogP contribution in [0.25, 0.3) is 28.0 Å². The lowest BCUT2D eigenvalue weighted by molar-refractivity contribution is 0.0762. The van der Waals surface area contributed by atoms with Crippen LogP contribution < -0.4 is 5.32 Å². The van der Waals surface area contributed by atoms with Crippen LogP contribution in [0.3, 0.4) is 0 Å². The Morgan fingerprint density at radius 1 is 1.17 bits per heavy atom. The number of ketones is 1. The van der Waals surface area contributed by atoms with Gasteiger partial charge in [-0.3, -0.25) is 9.89 Å². The topological polar surface area (TPSA) is 109 Å². The smallest absolute Gasteiger partial charge is 0.166 e. The van der Waals surface area contributed by atoms with Crippen molar-refractivity contribution in [3.8, 4) is 17.1 Å². The molecule has 3 heterocycles. The van der Waals surface area contributed by atoms with E-state index in [1.165, 1.54) is 0 Å². The number of piperidine rings is 1. The van der Waals surface area contributed by atoms with E-state index in [0.717, 1.165) is 35.2 Å². The molecule has 1 aliphatic heterocycles. The number of hydrogen-bond acceptors (Lipinski definition) is 6. The normalized spacial score (nSPS) is 19.2. The third-order valence-corrected chi connectivity index (χ3v) is 5.80. The predicted octanol–water partition coefficient (Wildman–Crippen LogP) is 2.21. The lowest BCUT2D eigenvalue weighted by atomic mass is 9.81. The van der Waals surface area contributed by atoms with Crippen molar-refractivity contribution < 1.29 is 9.90 Å². The Morgan fingerprint density at radius 2 is 2.00 bits per heavy atom. The highest BCUT2D eigenvalue weighted by atomic mass is 16.3. The number of hydrogen-bond donors (Lipinski definition) is 3. The molecule has 0 radical (unpaired) electrons. The van der Waals surface area contributed by atoms with E-state index < -0.39 is 0 Å². The maximum atomic E-state index is 12.9. The Balaban J connectivity index is 1.38. The zero-order valence-corrected chi connectivity index (χ0v) is 16.3. The van der Waals surface area contributed by atoms with Gasteiger partial charge in [0.25, 0.3) is 0 Å². The summed E-state index contributed by atoms with van der Waals surface area (Å²) in [6.07, 6.45) is 2.57. The zero-order valence-electron chi connectivity index (χ0n) is 16.3. The Bertz CT molecular complexity index is 1180. The molecule has 0 amide bonds. The molecule has 2 atom stereocenters. The Kier molecular flexibility index (Phi) is 4.86. The van der Waals surface area contributed by atoms with Gasteiger partial charge in [-0.15, -0.1) is 5.10 Å². The summed E-state index contributed by atoms with van der Waals surface area (Å²) in [4.78, 5) is 12.9. The molecule has 4 aromatic rings. The molecular weight excluding hydrogens is 380 g/mol. The van der Waals surface area contributed by atoms with Crippen LogP contribution in [-0.2, 0) is 0 Å². The van der Waals surface area contributed by atoms with Crippen LogP contribution in [0, 0.1) is 11.8 Å². The molecule has 5 rings (SSSR count). The number of benzene rings is 2. The Labute approximate surface area is 172 Å². The number of carbonyl (C=O) groups excluding carboxylic acids is 1. The van der Waals surface area contributed by atoms with E-state index in [2.05, 4.69) is 25.8 Å². The quantitative estimate of drug-likeness (QED) is 0.442. The molecular formula is C22H22N6O2. The van der Waals surface area contributed by atoms with Crippen LogP contribution >= 0.6 is 0 Å². The molecule has 1 saturated heterocycles. The van der Waals surface area contributed by atoms with E-state index in [1.54, 1.807) is 4.68 Å². The largest absolute Gasteiger partial charge is 0.396 e. The van der Waals surface area contributed by atoms with Gasteiger partial charge in [0.15, 0.2) is 5.78 Å². The van der Waals surface area contributed by atoms with E-state index in [0.29, 0.717) is 17.8 Å². The molecule has 30 heavy (non-hydrogen) atoms. The molecule has 3 N–H and O–H groups in total. The van der Waals surface area contributed by atoms with Gasteiger partial charge < -0.3 is 10.4 Å². The molecule has 0 saturated carbocycles. The van der Waals surface area contributed by atoms with Gasteiger partial charge in [0.05, 0.1) is 17.4 Å². The molecule has 1 aliphatic rings. The second kappa shape index (κ2) is 7.81. The third-order valence-electron chi connectivity index (χ3n) is 5.80. The standard InChI is InChI=1S/C22H22N6O2/c29-13-15-11-23-10-9-17(15)22(30)14-5-7-16(8-6-14)28-12-20(25-27-28)21-18-3-1-2-4-19(18)24-26-21/h1-8,12,15,17,23,29H,9-11,13H2,(H,24,26). The van der Waals surface area contributed by atoms with Gasteiger partial charge in [-0.1, -0.05) is 23.4 Å². The number of aromatic amines is 1. The number of fused-ring (bicyclic) bond motifs is 1. The lowest BCUT2D eigenvalue weighted by Gasteiger charge is -2.29. The lowest BCUT2D eigenvalue weighted by Crippen LogP contribution is -2.41. The summed E-state index contributed by atoms with van der Waals surface area (Å²) in [6.45, 7) is 1.49. The van der Waals surface area contributed by atoms with Crippen LogP contribution in [0.15, 0.2) is 54.7 Å². The number of para-hydroxylation sites is 1. The maximum Gasteiger partial charge on any atom is 0.166 e. The summed E-state index contributed by atoms with van der Waals surface area (Å²) >= 11 is 0. The summed E-state index contributed by atoms with van der Waals surface area (Å²) < 4.78 is 1.67. The number of nitrogens with zero attached hydrogens (tertiary/aromatic N) is 4. The molecule has 8 nitrogen and oxygen atoms in total. The van der Waals surface area contributed by atoms with Crippen molar-refractivity contribution in [2.75, 3.05) is 19.7 Å². The number of aromatic nitrogens is 5. The number of rotatable bonds is 5. The van der Waals surface area contributed by atoms with Crippen LogP contribution in [-0.4, -0.2) is 55.8 Å². The third kappa shape index (κ3) is 3.30. The minimum Gasteiger partial charge on any atom is -0.396 e. The fourth-order valence-electron chi connectivity index (χ4n) is 4.11. The van der Waals surface area contributed by atoms with Crippen LogP contribution in [0.1, 0.15) is 16.8 Å². The molecule has 0 aliphatic carbocycles. The summed E-state index contributed by atoms with van der Waals surface area (Å²) in [5.41, 5.74) is 3.85. The number of aliphatic hydroxyl groups is 1. The number of H-pyrrole nitrogens is 1. The second-order valence-electron chi connectivity index (χ2n) is 7.62. The maximum absolute atomic E-state index is 12.9. The first-order chi connectivity index (χ1) is 14.7. The Hall–Kier alpha value is -3.36. The highest BCUT2D eigenvalue weighted by Gasteiger charge is 2.30. The van der Waals surface area contributed by atoms with Gasteiger partial charge in [0, 0.05) is 35.9 Å². The van der Waals surface area contributed by atoms with Crippen molar-refractivity contribution in [1.29, 1.82) is 0 Å². The first kappa shape index (κ1) is 18.7. The molecule has 0 spiro atoms. The van der Waals surface area contributed by atoms with Gasteiger partial charge in [-0.25, -0.2) is 4.68 Å². The fourth-order valence-corrected chi connectivity index (χ4v) is 4.11. The fraction of sp³-hybridized carbons (Fsp3) is 0.273. The number of aliphatic hydroxyl groups excluding tert-OH is 1. The van der Waals surface area contributed by atoms with E-state index in [-0.39, 0.29) is 24.2 Å².